The molecular formula is C16H21NO3S. The van der Waals surface area contributed by atoms with Gasteiger partial charge in [-0.3, -0.25) is 0 Å². The molecule has 21 heavy (non-hydrogen) atoms. The van der Waals surface area contributed by atoms with Crippen molar-refractivity contribution in [2.24, 2.45) is 0 Å². The summed E-state index contributed by atoms with van der Waals surface area (Å²) in [4.78, 5) is 0.929. The second-order valence-corrected chi connectivity index (χ2v) is 6.53. The van der Waals surface area contributed by atoms with Crippen LogP contribution in [0.15, 0.2) is 17.0 Å². The van der Waals surface area contributed by atoms with Gasteiger partial charge in [0.25, 0.3) is 0 Å². The van der Waals surface area contributed by atoms with E-state index in [1.54, 1.807) is 33.1 Å². The highest BCUT2D eigenvalue weighted by atomic mass is 32.2. The Morgan fingerprint density at radius 3 is 2.19 bits per heavy atom. The van der Waals surface area contributed by atoms with Crippen molar-refractivity contribution in [2.45, 2.75) is 41.7 Å². The number of thioether (sulfide) groups is 1. The van der Waals surface area contributed by atoms with E-state index in [1.165, 1.54) is 6.42 Å². The number of nitrogens with zero attached hydrogens (tertiary/aromatic N) is 1. The molecule has 1 aliphatic carbocycles. The molecule has 1 aromatic rings. The summed E-state index contributed by atoms with van der Waals surface area (Å²) in [7, 11) is 4.80. The van der Waals surface area contributed by atoms with Crippen molar-refractivity contribution in [2.75, 3.05) is 21.3 Å². The SMILES string of the molecule is COc1ccc(SC2(C#N)CCCCC2)c(OC)c1OC. The summed E-state index contributed by atoms with van der Waals surface area (Å²) in [6, 6.07) is 6.32. The Labute approximate surface area is 130 Å². The molecule has 0 N–H and O–H groups in total. The second-order valence-electron chi connectivity index (χ2n) is 5.10. The molecule has 5 heteroatoms. The van der Waals surface area contributed by atoms with Crippen LogP contribution >= 0.6 is 11.8 Å². The summed E-state index contributed by atoms with van der Waals surface area (Å²) in [5.74, 6) is 1.85. The van der Waals surface area contributed by atoms with Crippen LogP contribution in [0.5, 0.6) is 17.2 Å². The molecule has 0 unspecified atom stereocenters. The third kappa shape index (κ3) is 3.21. The fourth-order valence-electron chi connectivity index (χ4n) is 2.72. The van der Waals surface area contributed by atoms with Crippen LogP contribution in [0.4, 0.5) is 0 Å². The Morgan fingerprint density at radius 1 is 1.00 bits per heavy atom. The minimum atomic E-state index is -0.356. The Bertz CT molecular complexity index is 533. The van der Waals surface area contributed by atoms with Gasteiger partial charge in [-0.05, 0) is 25.0 Å². The quantitative estimate of drug-likeness (QED) is 0.822. The van der Waals surface area contributed by atoms with Crippen molar-refractivity contribution in [3.63, 3.8) is 0 Å². The van der Waals surface area contributed by atoms with Crippen LogP contribution in [0.2, 0.25) is 0 Å². The molecular weight excluding hydrogens is 286 g/mol. The van der Waals surface area contributed by atoms with Crippen LogP contribution in [0, 0.1) is 11.3 Å². The lowest BCUT2D eigenvalue weighted by atomic mass is 9.89. The normalized spacial score (nSPS) is 16.9. The van der Waals surface area contributed by atoms with E-state index in [1.807, 2.05) is 12.1 Å². The maximum Gasteiger partial charge on any atom is 0.204 e. The Morgan fingerprint density at radius 2 is 1.67 bits per heavy atom. The highest BCUT2D eigenvalue weighted by Gasteiger charge is 2.35. The predicted octanol–water partition coefficient (Wildman–Crippen LogP) is 4.03. The van der Waals surface area contributed by atoms with Crippen LogP contribution in [-0.2, 0) is 0 Å². The summed E-state index contributed by atoms with van der Waals surface area (Å²) in [6.45, 7) is 0. The topological polar surface area (TPSA) is 51.5 Å². The van der Waals surface area contributed by atoms with Gasteiger partial charge >= 0.3 is 0 Å². The molecule has 0 bridgehead atoms. The predicted molar refractivity (Wildman–Crippen MR) is 83.4 cm³/mol. The third-order valence-corrected chi connectivity index (χ3v) is 5.27. The fourth-order valence-corrected chi connectivity index (χ4v) is 4.09. The summed E-state index contributed by atoms with van der Waals surface area (Å²) < 4.78 is 15.9. The van der Waals surface area contributed by atoms with Gasteiger partial charge < -0.3 is 14.2 Å². The standard InChI is InChI=1S/C16H21NO3S/c1-18-12-7-8-13(15(20-3)14(12)19-2)21-16(11-17)9-5-4-6-10-16/h7-8H,4-6,9-10H2,1-3H3. The number of rotatable bonds is 5. The van der Waals surface area contributed by atoms with E-state index in [9.17, 15) is 5.26 Å². The van der Waals surface area contributed by atoms with E-state index < -0.39 is 0 Å². The number of hydrogen-bond acceptors (Lipinski definition) is 5. The van der Waals surface area contributed by atoms with Crippen molar-refractivity contribution >= 4 is 11.8 Å². The minimum absolute atomic E-state index is 0.356. The van der Waals surface area contributed by atoms with Gasteiger partial charge in [-0.2, -0.15) is 5.26 Å². The largest absolute Gasteiger partial charge is 0.493 e. The summed E-state index contributed by atoms with van der Waals surface area (Å²) in [5, 5.41) is 9.63. The molecule has 1 aromatic carbocycles. The lowest BCUT2D eigenvalue weighted by Crippen LogP contribution is -2.25. The summed E-state index contributed by atoms with van der Waals surface area (Å²) >= 11 is 1.59. The molecule has 0 spiro atoms. The Balaban J connectivity index is 2.37. The van der Waals surface area contributed by atoms with Crippen LogP contribution in [0.1, 0.15) is 32.1 Å². The molecule has 0 aromatic heterocycles. The monoisotopic (exact) mass is 307 g/mol. The lowest BCUT2D eigenvalue weighted by Gasteiger charge is -2.30. The Hall–Kier alpha value is -1.54. The molecule has 0 radical (unpaired) electrons. The second kappa shape index (κ2) is 6.95. The maximum atomic E-state index is 9.63. The number of ether oxygens (including phenoxy) is 3. The maximum absolute atomic E-state index is 9.63. The van der Waals surface area contributed by atoms with E-state index in [-0.39, 0.29) is 4.75 Å². The van der Waals surface area contributed by atoms with Gasteiger partial charge in [-0.1, -0.05) is 31.0 Å². The van der Waals surface area contributed by atoms with E-state index in [0.29, 0.717) is 17.2 Å². The van der Waals surface area contributed by atoms with Crippen LogP contribution in [0.25, 0.3) is 0 Å². The third-order valence-electron chi connectivity index (χ3n) is 3.84. The van der Waals surface area contributed by atoms with E-state index >= 15 is 0 Å². The van der Waals surface area contributed by atoms with E-state index in [2.05, 4.69) is 6.07 Å². The molecule has 0 heterocycles. The van der Waals surface area contributed by atoms with Gasteiger partial charge in [0, 0.05) is 0 Å². The molecule has 0 amide bonds. The van der Waals surface area contributed by atoms with Crippen LogP contribution < -0.4 is 14.2 Å². The smallest absolute Gasteiger partial charge is 0.204 e. The van der Waals surface area contributed by atoms with Gasteiger partial charge in [-0.25, -0.2) is 0 Å². The molecule has 1 aliphatic rings. The fraction of sp³-hybridized carbons (Fsp3) is 0.562. The van der Waals surface area contributed by atoms with Gasteiger partial charge in [0.15, 0.2) is 11.5 Å². The number of methoxy groups -OCH3 is 3. The van der Waals surface area contributed by atoms with Gasteiger partial charge in [0.1, 0.15) is 4.75 Å². The first kappa shape index (κ1) is 15.8. The lowest BCUT2D eigenvalue weighted by molar-refractivity contribution is 0.319. The molecule has 1 fully saturated rings. The number of nitriles is 1. The van der Waals surface area contributed by atoms with Gasteiger partial charge in [0.2, 0.25) is 5.75 Å². The van der Waals surface area contributed by atoms with Gasteiger partial charge in [0.05, 0.1) is 32.3 Å². The molecule has 0 aliphatic heterocycles. The van der Waals surface area contributed by atoms with Crippen molar-refractivity contribution < 1.29 is 14.2 Å². The van der Waals surface area contributed by atoms with Crippen molar-refractivity contribution in [3.05, 3.63) is 12.1 Å². The van der Waals surface area contributed by atoms with Gasteiger partial charge in [-0.15, -0.1) is 0 Å². The molecule has 0 atom stereocenters. The first-order valence-corrected chi connectivity index (χ1v) is 7.90. The number of hydrogen-bond donors (Lipinski definition) is 0. The summed E-state index contributed by atoms with van der Waals surface area (Å²) in [5.41, 5.74) is 0. The van der Waals surface area contributed by atoms with E-state index in [4.69, 9.17) is 14.2 Å². The average Bonchev–Trinajstić information content (AvgIpc) is 2.55. The zero-order valence-corrected chi connectivity index (χ0v) is 13.6. The van der Waals surface area contributed by atoms with Crippen molar-refractivity contribution in [1.82, 2.24) is 0 Å². The zero-order valence-electron chi connectivity index (χ0n) is 12.8. The van der Waals surface area contributed by atoms with Crippen molar-refractivity contribution in [3.8, 4) is 23.3 Å². The molecule has 1 saturated carbocycles. The molecule has 0 saturated heterocycles. The zero-order chi connectivity index (χ0) is 15.3. The first-order chi connectivity index (χ1) is 10.2. The number of benzene rings is 1. The average molecular weight is 307 g/mol. The molecule has 2 rings (SSSR count). The highest BCUT2D eigenvalue weighted by molar-refractivity contribution is 8.01. The van der Waals surface area contributed by atoms with Crippen LogP contribution in [0.3, 0.4) is 0 Å². The molecule has 114 valence electrons. The highest BCUT2D eigenvalue weighted by Crippen LogP contribution is 2.50. The van der Waals surface area contributed by atoms with Crippen molar-refractivity contribution in [1.29, 1.82) is 5.26 Å². The summed E-state index contributed by atoms with van der Waals surface area (Å²) in [6.07, 6.45) is 5.27. The van der Waals surface area contributed by atoms with Crippen LogP contribution in [-0.4, -0.2) is 26.1 Å². The first-order valence-electron chi connectivity index (χ1n) is 7.09. The Kier molecular flexibility index (Phi) is 5.24. The minimum Gasteiger partial charge on any atom is -0.493 e. The van der Waals surface area contributed by atoms with E-state index in [0.717, 1.165) is 30.6 Å². The molecule has 4 nitrogen and oxygen atoms in total.